The lowest BCUT2D eigenvalue weighted by atomic mass is 10.1. The van der Waals surface area contributed by atoms with E-state index in [1.807, 2.05) is 42.5 Å². The van der Waals surface area contributed by atoms with Crippen molar-refractivity contribution in [1.29, 1.82) is 0 Å². The number of fused-ring (bicyclic) bond motifs is 4. The normalized spacial score (nSPS) is 12.1. The van der Waals surface area contributed by atoms with E-state index in [2.05, 4.69) is 68.6 Å². The van der Waals surface area contributed by atoms with E-state index >= 15 is 0 Å². The molecule has 6 aromatic heterocycles. The van der Waals surface area contributed by atoms with Gasteiger partial charge in [0.2, 0.25) is 0 Å². The summed E-state index contributed by atoms with van der Waals surface area (Å²) in [6, 6.07) is 20.3. The maximum atomic E-state index is 8.91. The van der Waals surface area contributed by atoms with Crippen molar-refractivity contribution in [2.24, 2.45) is 10.3 Å². The van der Waals surface area contributed by atoms with Gasteiger partial charge in [-0.3, -0.25) is 9.97 Å². The van der Waals surface area contributed by atoms with Gasteiger partial charge in [-0.25, -0.2) is 29.0 Å². The van der Waals surface area contributed by atoms with Gasteiger partial charge in [-0.15, -0.1) is 0 Å². The van der Waals surface area contributed by atoms with Gasteiger partial charge in [0, 0.05) is 36.0 Å². The molecule has 0 bridgehead atoms. The number of hydrogen-bond donors (Lipinski definition) is 2. The van der Waals surface area contributed by atoms with Crippen molar-refractivity contribution < 1.29 is 15.2 Å². The number of benzene rings is 2. The van der Waals surface area contributed by atoms with Crippen LogP contribution in [0.3, 0.4) is 0 Å². The SMILES string of the molecule is C/C(=N\O)c1cnc2ncc(Cc3ccc4ncccc4c3)n2n1.C/C(=N\OCCO)c1cnc2ncc(Cc3ccc4ncccc4c3)n2n1. The molecule has 6 heterocycles. The first-order chi connectivity index (χ1) is 25.0. The van der Waals surface area contributed by atoms with Crippen molar-refractivity contribution in [2.75, 3.05) is 13.2 Å². The Labute approximate surface area is 290 Å². The fourth-order valence-electron chi connectivity index (χ4n) is 5.38. The van der Waals surface area contributed by atoms with Crippen LogP contribution in [0.25, 0.3) is 33.4 Å². The fraction of sp³-hybridized carbons (Fsp3) is 0.167. The molecular weight excluding hydrogens is 648 g/mol. The van der Waals surface area contributed by atoms with Crippen LogP contribution in [0, 0.1) is 0 Å². The molecule has 2 aromatic carbocycles. The predicted molar refractivity (Wildman–Crippen MR) is 190 cm³/mol. The van der Waals surface area contributed by atoms with E-state index in [0.717, 1.165) is 44.3 Å². The van der Waals surface area contributed by atoms with Crippen LogP contribution in [-0.4, -0.2) is 84.1 Å². The molecule has 51 heavy (non-hydrogen) atoms. The van der Waals surface area contributed by atoms with E-state index in [0.29, 0.717) is 47.2 Å². The molecule has 8 rings (SSSR count). The number of aromatic nitrogens is 10. The maximum absolute atomic E-state index is 8.91. The first kappa shape index (κ1) is 32.8. The molecule has 0 spiro atoms. The molecule has 15 nitrogen and oxygen atoms in total. The summed E-state index contributed by atoms with van der Waals surface area (Å²) in [6.07, 6.45) is 11.6. The predicted octanol–water partition coefficient (Wildman–Crippen LogP) is 4.46. The van der Waals surface area contributed by atoms with E-state index < -0.39 is 0 Å². The molecule has 0 unspecified atom stereocenters. The highest BCUT2D eigenvalue weighted by Gasteiger charge is 2.12. The highest BCUT2D eigenvalue weighted by atomic mass is 16.6. The number of nitrogens with zero attached hydrogens (tertiary/aromatic N) is 12. The highest BCUT2D eigenvalue weighted by molar-refractivity contribution is 5.96. The van der Waals surface area contributed by atoms with Crippen molar-refractivity contribution in [2.45, 2.75) is 26.7 Å². The third-order valence-corrected chi connectivity index (χ3v) is 7.98. The Balaban J connectivity index is 0.000000160. The smallest absolute Gasteiger partial charge is 0.250 e. The summed E-state index contributed by atoms with van der Waals surface area (Å²) < 4.78 is 3.39. The zero-order valence-corrected chi connectivity index (χ0v) is 27.7. The summed E-state index contributed by atoms with van der Waals surface area (Å²) in [6.45, 7) is 3.50. The van der Waals surface area contributed by atoms with Crippen molar-refractivity contribution in [1.82, 2.24) is 49.1 Å². The third-order valence-electron chi connectivity index (χ3n) is 7.98. The quantitative estimate of drug-likeness (QED) is 0.0949. The molecule has 8 aromatic rings. The molecule has 15 heteroatoms. The Bertz CT molecular complexity index is 2540. The minimum atomic E-state index is -0.0888. The van der Waals surface area contributed by atoms with Gasteiger partial charge in [-0.05, 0) is 61.4 Å². The molecule has 0 saturated heterocycles. The average Bonchev–Trinajstić information content (AvgIpc) is 3.77. The zero-order chi connectivity index (χ0) is 35.2. The van der Waals surface area contributed by atoms with Gasteiger partial charge in [-0.1, -0.05) is 34.6 Å². The Morgan fingerprint density at radius 2 is 1.18 bits per heavy atom. The lowest BCUT2D eigenvalue weighted by Gasteiger charge is -2.05. The van der Waals surface area contributed by atoms with Crippen LogP contribution in [0.2, 0.25) is 0 Å². The van der Waals surface area contributed by atoms with Crippen LogP contribution in [-0.2, 0) is 17.7 Å². The lowest BCUT2D eigenvalue weighted by Crippen LogP contribution is -2.08. The Morgan fingerprint density at radius 1 is 0.667 bits per heavy atom. The number of aliphatic hydroxyl groups excluding tert-OH is 1. The van der Waals surface area contributed by atoms with Crippen LogP contribution in [0.4, 0.5) is 0 Å². The number of aliphatic hydroxyl groups is 1. The van der Waals surface area contributed by atoms with Crippen molar-refractivity contribution >= 4 is 44.8 Å². The molecule has 0 amide bonds. The van der Waals surface area contributed by atoms with E-state index in [-0.39, 0.29) is 13.2 Å². The second-order valence-corrected chi connectivity index (χ2v) is 11.5. The number of oxime groups is 2. The molecular formula is C36H32N12O3. The van der Waals surface area contributed by atoms with E-state index in [9.17, 15) is 0 Å². The topological polar surface area (TPSA) is 186 Å². The summed E-state index contributed by atoms with van der Waals surface area (Å²) in [5.41, 5.74) is 8.12. The van der Waals surface area contributed by atoms with Gasteiger partial charge in [0.1, 0.15) is 29.4 Å². The number of hydrogen-bond acceptors (Lipinski definition) is 13. The zero-order valence-electron chi connectivity index (χ0n) is 27.7. The standard InChI is InChI=1S/C19H18N6O2.C17H14N6O/c1-13(24-27-8-7-26)18-12-22-19-21-11-16(25(19)23-18)10-14-4-5-17-15(9-14)3-2-6-20-17;1-11(22-24)16-10-20-17-19-9-14(23(17)21-16)8-12-4-5-15-13(7-12)3-2-6-18-15/h2-6,9,11-12,26H,7-8,10H2,1H3;2-7,9-10,24H,8H2,1H3/b24-13+;22-11+. The second kappa shape index (κ2) is 14.8. The van der Waals surface area contributed by atoms with Crippen LogP contribution < -0.4 is 0 Å². The third kappa shape index (κ3) is 7.33. The van der Waals surface area contributed by atoms with Gasteiger partial charge in [0.15, 0.2) is 0 Å². The second-order valence-electron chi connectivity index (χ2n) is 11.5. The first-order valence-electron chi connectivity index (χ1n) is 16.0. The molecule has 0 radical (unpaired) electrons. The van der Waals surface area contributed by atoms with Gasteiger partial charge >= 0.3 is 0 Å². The molecule has 0 saturated carbocycles. The summed E-state index contributed by atoms with van der Waals surface area (Å²) in [5.74, 6) is 1.04. The molecule has 0 aliphatic heterocycles. The Kier molecular flexibility index (Phi) is 9.51. The van der Waals surface area contributed by atoms with Crippen LogP contribution in [0.5, 0.6) is 0 Å². The van der Waals surface area contributed by atoms with Gasteiger partial charge < -0.3 is 15.2 Å². The summed E-state index contributed by atoms with van der Waals surface area (Å²) in [7, 11) is 0. The van der Waals surface area contributed by atoms with Gasteiger partial charge in [-0.2, -0.15) is 10.2 Å². The van der Waals surface area contributed by atoms with Crippen molar-refractivity contribution in [3.8, 4) is 0 Å². The van der Waals surface area contributed by atoms with Crippen molar-refractivity contribution in [3.63, 3.8) is 0 Å². The molecule has 0 aliphatic carbocycles. The van der Waals surface area contributed by atoms with E-state index in [1.54, 1.807) is 60.1 Å². The van der Waals surface area contributed by atoms with Crippen LogP contribution >= 0.6 is 0 Å². The van der Waals surface area contributed by atoms with Gasteiger partial charge in [0.25, 0.3) is 11.6 Å². The highest BCUT2D eigenvalue weighted by Crippen LogP contribution is 2.18. The van der Waals surface area contributed by atoms with E-state index in [4.69, 9.17) is 15.2 Å². The Morgan fingerprint density at radius 3 is 1.69 bits per heavy atom. The lowest BCUT2D eigenvalue weighted by molar-refractivity contribution is 0.0986. The van der Waals surface area contributed by atoms with Crippen LogP contribution in [0.15, 0.2) is 108 Å². The number of rotatable bonds is 9. The average molecular weight is 681 g/mol. The minimum absolute atomic E-state index is 0.0888. The summed E-state index contributed by atoms with van der Waals surface area (Å²) in [4.78, 5) is 30.9. The van der Waals surface area contributed by atoms with Crippen LogP contribution in [0.1, 0.15) is 47.8 Å². The summed E-state index contributed by atoms with van der Waals surface area (Å²) >= 11 is 0. The van der Waals surface area contributed by atoms with E-state index in [1.165, 1.54) is 0 Å². The first-order valence-corrected chi connectivity index (χ1v) is 16.0. The molecule has 0 fully saturated rings. The fourth-order valence-corrected chi connectivity index (χ4v) is 5.38. The number of imidazole rings is 2. The minimum Gasteiger partial charge on any atom is -0.411 e. The molecule has 0 aliphatic rings. The van der Waals surface area contributed by atoms with Crippen molar-refractivity contribution in [3.05, 3.63) is 132 Å². The number of pyridine rings is 2. The maximum Gasteiger partial charge on any atom is 0.250 e. The molecule has 2 N–H and O–H groups in total. The van der Waals surface area contributed by atoms with Gasteiger partial charge in [0.05, 0.1) is 53.8 Å². The molecule has 0 atom stereocenters. The Hall–Kier alpha value is -6.74. The monoisotopic (exact) mass is 680 g/mol. The largest absolute Gasteiger partial charge is 0.411 e. The molecule has 254 valence electrons. The summed E-state index contributed by atoms with van der Waals surface area (Å²) in [5, 5.41) is 36.0.